The van der Waals surface area contributed by atoms with Crippen molar-refractivity contribution in [1.82, 2.24) is 4.98 Å². The number of nitro benzene ring substituents is 1. The number of nitrogens with one attached hydrogen (secondary N) is 1. The molecule has 138 valence electrons. The van der Waals surface area contributed by atoms with Crippen molar-refractivity contribution in [3.8, 4) is 0 Å². The number of aryl methyl sites for hydroxylation is 1. The van der Waals surface area contributed by atoms with E-state index in [4.69, 9.17) is 0 Å². The van der Waals surface area contributed by atoms with Crippen LogP contribution in [-0.4, -0.2) is 28.9 Å². The second-order valence-electron chi connectivity index (χ2n) is 6.55. The first kappa shape index (κ1) is 17.4. The summed E-state index contributed by atoms with van der Waals surface area (Å²) >= 11 is 1.38. The van der Waals surface area contributed by atoms with Crippen molar-refractivity contribution in [2.45, 2.75) is 19.8 Å². The number of carbonyl (C=O) groups excluding carboxylic acids is 1. The van der Waals surface area contributed by atoms with Gasteiger partial charge in [0.05, 0.1) is 15.1 Å². The summed E-state index contributed by atoms with van der Waals surface area (Å²) in [6.07, 6.45) is 2.05. The van der Waals surface area contributed by atoms with Crippen LogP contribution in [0.25, 0.3) is 10.2 Å². The van der Waals surface area contributed by atoms with Gasteiger partial charge in [0, 0.05) is 24.7 Å². The SMILES string of the molecule is Cc1cccc2sc(NC(=O)c3ccc(N4CCCC4)c([N+](=O)[O-])c3)nc12. The maximum atomic E-state index is 12.6. The first-order valence-corrected chi connectivity index (χ1v) is 9.55. The molecular weight excluding hydrogens is 364 g/mol. The van der Waals surface area contributed by atoms with Crippen LogP contribution in [-0.2, 0) is 0 Å². The molecule has 4 rings (SSSR count). The highest BCUT2D eigenvalue weighted by Gasteiger charge is 2.24. The van der Waals surface area contributed by atoms with Crippen LogP contribution in [0.2, 0.25) is 0 Å². The molecule has 0 unspecified atom stereocenters. The van der Waals surface area contributed by atoms with Crippen molar-refractivity contribution in [3.63, 3.8) is 0 Å². The lowest BCUT2D eigenvalue weighted by atomic mass is 10.1. The molecule has 0 aliphatic carbocycles. The van der Waals surface area contributed by atoms with Gasteiger partial charge < -0.3 is 4.90 Å². The molecule has 1 aliphatic rings. The van der Waals surface area contributed by atoms with Crippen LogP contribution in [0.4, 0.5) is 16.5 Å². The molecular formula is C19H18N4O3S. The summed E-state index contributed by atoms with van der Waals surface area (Å²) in [4.78, 5) is 30.1. The van der Waals surface area contributed by atoms with Crippen LogP contribution in [0, 0.1) is 17.0 Å². The Morgan fingerprint density at radius 1 is 1.26 bits per heavy atom. The third kappa shape index (κ3) is 3.35. The van der Waals surface area contributed by atoms with Crippen LogP contribution >= 0.6 is 11.3 Å². The monoisotopic (exact) mass is 382 g/mol. The molecule has 2 heterocycles. The Kier molecular flexibility index (Phi) is 4.49. The van der Waals surface area contributed by atoms with Crippen molar-refractivity contribution >= 4 is 44.0 Å². The van der Waals surface area contributed by atoms with E-state index in [1.165, 1.54) is 17.4 Å². The number of nitro groups is 1. The normalized spacial score (nSPS) is 13.9. The molecule has 1 aliphatic heterocycles. The Balaban J connectivity index is 1.61. The van der Waals surface area contributed by atoms with Gasteiger partial charge in [0.1, 0.15) is 5.69 Å². The van der Waals surface area contributed by atoms with Gasteiger partial charge in [0.15, 0.2) is 5.13 Å². The topological polar surface area (TPSA) is 88.4 Å². The van der Waals surface area contributed by atoms with Crippen LogP contribution < -0.4 is 10.2 Å². The van der Waals surface area contributed by atoms with Gasteiger partial charge in [-0.15, -0.1) is 0 Å². The minimum atomic E-state index is -0.425. The lowest BCUT2D eigenvalue weighted by molar-refractivity contribution is -0.384. The summed E-state index contributed by atoms with van der Waals surface area (Å²) in [5.41, 5.74) is 2.68. The molecule has 0 saturated carbocycles. The summed E-state index contributed by atoms with van der Waals surface area (Å²) < 4.78 is 0.987. The van der Waals surface area contributed by atoms with E-state index < -0.39 is 10.8 Å². The summed E-state index contributed by atoms with van der Waals surface area (Å²) in [6, 6.07) is 10.5. The minimum absolute atomic E-state index is 0.0373. The number of hydrogen-bond acceptors (Lipinski definition) is 6. The lowest BCUT2D eigenvalue weighted by Crippen LogP contribution is -2.19. The molecule has 27 heavy (non-hydrogen) atoms. The van der Waals surface area contributed by atoms with Gasteiger partial charge in [-0.1, -0.05) is 23.5 Å². The first-order valence-electron chi connectivity index (χ1n) is 8.74. The van der Waals surface area contributed by atoms with Gasteiger partial charge in [-0.3, -0.25) is 20.2 Å². The van der Waals surface area contributed by atoms with Gasteiger partial charge in [0.25, 0.3) is 11.6 Å². The summed E-state index contributed by atoms with van der Waals surface area (Å²) in [6.45, 7) is 3.57. The average Bonchev–Trinajstić information content (AvgIpc) is 3.31. The quantitative estimate of drug-likeness (QED) is 0.535. The lowest BCUT2D eigenvalue weighted by Gasteiger charge is -2.17. The van der Waals surface area contributed by atoms with E-state index in [0.29, 0.717) is 10.8 Å². The van der Waals surface area contributed by atoms with Gasteiger partial charge in [0.2, 0.25) is 0 Å². The third-order valence-electron chi connectivity index (χ3n) is 4.72. The highest BCUT2D eigenvalue weighted by atomic mass is 32.1. The van der Waals surface area contributed by atoms with Gasteiger partial charge >= 0.3 is 0 Å². The summed E-state index contributed by atoms with van der Waals surface area (Å²) in [7, 11) is 0. The molecule has 0 spiro atoms. The van der Waals surface area contributed by atoms with E-state index in [-0.39, 0.29) is 11.3 Å². The number of thiazole rings is 1. The van der Waals surface area contributed by atoms with Crippen molar-refractivity contribution in [1.29, 1.82) is 0 Å². The van der Waals surface area contributed by atoms with Crippen LogP contribution in [0.3, 0.4) is 0 Å². The molecule has 0 radical (unpaired) electrons. The summed E-state index contributed by atoms with van der Waals surface area (Å²) in [5.74, 6) is -0.400. The number of fused-ring (bicyclic) bond motifs is 1. The molecule has 0 bridgehead atoms. The standard InChI is InChI=1S/C19H18N4O3S/c1-12-5-4-6-16-17(12)20-19(27-16)21-18(24)13-7-8-14(15(11-13)23(25)26)22-9-2-3-10-22/h4-8,11H,2-3,9-10H2,1H3,(H,20,21,24). The molecule has 8 heteroatoms. The van der Waals surface area contributed by atoms with E-state index in [9.17, 15) is 14.9 Å². The van der Waals surface area contributed by atoms with Gasteiger partial charge in [-0.2, -0.15) is 0 Å². The van der Waals surface area contributed by atoms with E-state index in [2.05, 4.69) is 10.3 Å². The number of rotatable bonds is 4. The number of aromatic nitrogens is 1. The molecule has 1 aromatic heterocycles. The third-order valence-corrected chi connectivity index (χ3v) is 5.66. The highest BCUT2D eigenvalue weighted by Crippen LogP contribution is 2.32. The molecule has 1 amide bonds. The zero-order valence-corrected chi connectivity index (χ0v) is 15.6. The number of hydrogen-bond donors (Lipinski definition) is 1. The van der Waals surface area contributed by atoms with Crippen LogP contribution in [0.5, 0.6) is 0 Å². The number of para-hydroxylation sites is 1. The Morgan fingerprint density at radius 2 is 2.04 bits per heavy atom. The second kappa shape index (κ2) is 6.96. The van der Waals surface area contributed by atoms with Crippen LogP contribution in [0.15, 0.2) is 36.4 Å². The van der Waals surface area contributed by atoms with E-state index in [1.54, 1.807) is 12.1 Å². The summed E-state index contributed by atoms with van der Waals surface area (Å²) in [5, 5.41) is 14.7. The van der Waals surface area contributed by atoms with Gasteiger partial charge in [-0.05, 0) is 43.5 Å². The number of anilines is 2. The molecule has 2 aromatic carbocycles. The molecule has 1 fully saturated rings. The molecule has 0 atom stereocenters. The maximum Gasteiger partial charge on any atom is 0.293 e. The van der Waals surface area contributed by atoms with E-state index in [0.717, 1.165) is 41.7 Å². The van der Waals surface area contributed by atoms with Crippen LogP contribution in [0.1, 0.15) is 28.8 Å². The molecule has 1 N–H and O–H groups in total. The fourth-order valence-electron chi connectivity index (χ4n) is 3.35. The van der Waals surface area contributed by atoms with Gasteiger partial charge in [-0.25, -0.2) is 4.98 Å². The Hall–Kier alpha value is -3.00. The molecule has 1 saturated heterocycles. The van der Waals surface area contributed by atoms with Crippen molar-refractivity contribution in [2.24, 2.45) is 0 Å². The Bertz CT molecular complexity index is 1040. The average molecular weight is 382 g/mol. The smallest absolute Gasteiger partial charge is 0.293 e. The predicted octanol–water partition coefficient (Wildman–Crippen LogP) is 4.37. The number of carbonyl (C=O) groups is 1. The Morgan fingerprint density at radius 3 is 2.74 bits per heavy atom. The molecule has 3 aromatic rings. The second-order valence-corrected chi connectivity index (χ2v) is 7.58. The minimum Gasteiger partial charge on any atom is -0.366 e. The number of benzene rings is 2. The van der Waals surface area contributed by atoms with Crippen molar-refractivity contribution in [2.75, 3.05) is 23.3 Å². The first-order chi connectivity index (χ1) is 13.0. The fraction of sp³-hybridized carbons (Fsp3) is 0.263. The highest BCUT2D eigenvalue weighted by molar-refractivity contribution is 7.22. The zero-order chi connectivity index (χ0) is 19.0. The number of amides is 1. The zero-order valence-electron chi connectivity index (χ0n) is 14.8. The fourth-order valence-corrected chi connectivity index (χ4v) is 4.28. The number of nitrogens with zero attached hydrogens (tertiary/aromatic N) is 3. The largest absolute Gasteiger partial charge is 0.366 e. The van der Waals surface area contributed by atoms with E-state index in [1.807, 2.05) is 30.0 Å². The molecule has 7 nitrogen and oxygen atoms in total. The Labute approximate surface area is 159 Å². The maximum absolute atomic E-state index is 12.6. The van der Waals surface area contributed by atoms with Crippen molar-refractivity contribution in [3.05, 3.63) is 57.6 Å². The van der Waals surface area contributed by atoms with Crippen molar-refractivity contribution < 1.29 is 9.72 Å². The predicted molar refractivity (Wildman–Crippen MR) is 107 cm³/mol. The van der Waals surface area contributed by atoms with E-state index >= 15 is 0 Å².